The molecule has 3 heterocycles. The maximum absolute atomic E-state index is 13.2. The van der Waals surface area contributed by atoms with Crippen LogP contribution in [0.1, 0.15) is 52.7 Å². The number of anilines is 2. The van der Waals surface area contributed by atoms with E-state index in [1.54, 1.807) is 12.4 Å². The average Bonchev–Trinajstić information content (AvgIpc) is 3.48. The van der Waals surface area contributed by atoms with Crippen LogP contribution in [-0.2, 0) is 5.41 Å². The molecule has 8 aromatic rings. The lowest BCUT2D eigenvalue weighted by atomic mass is 9.82. The van der Waals surface area contributed by atoms with Crippen LogP contribution >= 0.6 is 0 Å². The van der Waals surface area contributed by atoms with Gasteiger partial charge in [0.15, 0.2) is 0 Å². The minimum absolute atomic E-state index is 0.187. The average molecular weight is 779 g/mol. The molecular weight excluding hydrogens is 733 g/mol. The fourth-order valence-electron chi connectivity index (χ4n) is 8.72. The Bertz CT molecular complexity index is 2810. The minimum atomic E-state index is -0.443. The topological polar surface area (TPSA) is 92.7 Å². The van der Waals surface area contributed by atoms with Crippen LogP contribution in [0.15, 0.2) is 140 Å². The zero-order valence-electron chi connectivity index (χ0n) is 34.3. The number of aromatic nitrogens is 2. The molecule has 1 aliphatic rings. The fourth-order valence-corrected chi connectivity index (χ4v) is 8.72. The van der Waals surface area contributed by atoms with Crippen LogP contribution in [0.4, 0.5) is 11.4 Å². The SMILES string of the molecule is CCN(CC)c1ccc2cc(-c3ccc(-c4ccc5c(c4)-c4cc(-c6cnc(-c7cc8ccc(N(CC)CC)cc8oc7=O)cn6)ccc4C5(C)C)cc3)c(=O)oc2c1. The maximum Gasteiger partial charge on any atom is 0.345 e. The fraction of sp³-hybridized carbons (Fsp3) is 0.216. The second-order valence-corrected chi connectivity index (χ2v) is 15.7. The van der Waals surface area contributed by atoms with E-state index in [4.69, 9.17) is 18.8 Å². The smallest absolute Gasteiger partial charge is 0.345 e. The molecule has 0 saturated carbocycles. The summed E-state index contributed by atoms with van der Waals surface area (Å²) in [6.45, 7) is 16.5. The van der Waals surface area contributed by atoms with E-state index in [0.29, 0.717) is 33.7 Å². The molecule has 1 aliphatic carbocycles. The van der Waals surface area contributed by atoms with Gasteiger partial charge in [0.2, 0.25) is 0 Å². The van der Waals surface area contributed by atoms with Crippen molar-refractivity contribution < 1.29 is 8.83 Å². The molecule has 5 aromatic carbocycles. The first kappa shape index (κ1) is 37.8. The third kappa shape index (κ3) is 6.58. The summed E-state index contributed by atoms with van der Waals surface area (Å²) in [7, 11) is 0. The summed E-state index contributed by atoms with van der Waals surface area (Å²) >= 11 is 0. The molecule has 0 unspecified atom stereocenters. The van der Waals surface area contributed by atoms with Crippen molar-refractivity contribution in [1.82, 2.24) is 9.97 Å². The molecule has 0 bridgehead atoms. The van der Waals surface area contributed by atoms with Crippen molar-refractivity contribution >= 4 is 33.3 Å². The molecule has 0 fully saturated rings. The van der Waals surface area contributed by atoms with E-state index in [0.717, 1.165) is 76.1 Å². The molecule has 0 aliphatic heterocycles. The number of nitrogens with zero attached hydrogens (tertiary/aromatic N) is 4. The summed E-state index contributed by atoms with van der Waals surface area (Å²) in [5, 5.41) is 1.72. The van der Waals surface area contributed by atoms with Crippen molar-refractivity contribution in [3.8, 4) is 55.9 Å². The molecule has 3 aromatic heterocycles. The summed E-state index contributed by atoms with van der Waals surface area (Å²) < 4.78 is 11.6. The van der Waals surface area contributed by atoms with Gasteiger partial charge >= 0.3 is 11.3 Å². The lowest BCUT2D eigenvalue weighted by Crippen LogP contribution is -2.21. The molecule has 9 rings (SSSR count). The van der Waals surface area contributed by atoms with Gasteiger partial charge in [-0.2, -0.15) is 0 Å². The molecule has 0 saturated heterocycles. The maximum atomic E-state index is 13.2. The van der Waals surface area contributed by atoms with Gasteiger partial charge < -0.3 is 18.6 Å². The van der Waals surface area contributed by atoms with E-state index in [-0.39, 0.29) is 11.0 Å². The van der Waals surface area contributed by atoms with Crippen LogP contribution < -0.4 is 21.1 Å². The Labute approximate surface area is 343 Å². The number of hydrogen-bond donors (Lipinski definition) is 0. The summed E-state index contributed by atoms with van der Waals surface area (Å²) in [5.41, 5.74) is 13.1. The highest BCUT2D eigenvalue weighted by Gasteiger charge is 2.35. The van der Waals surface area contributed by atoms with Crippen molar-refractivity contribution in [3.05, 3.63) is 154 Å². The van der Waals surface area contributed by atoms with Crippen LogP contribution in [-0.4, -0.2) is 36.1 Å². The second kappa shape index (κ2) is 14.9. The zero-order valence-corrected chi connectivity index (χ0v) is 34.3. The number of hydrogen-bond acceptors (Lipinski definition) is 8. The largest absolute Gasteiger partial charge is 0.422 e. The van der Waals surface area contributed by atoms with Crippen molar-refractivity contribution in [2.24, 2.45) is 0 Å². The number of rotatable bonds is 10. The van der Waals surface area contributed by atoms with Crippen LogP contribution in [0.2, 0.25) is 0 Å². The quantitative estimate of drug-likeness (QED) is 0.127. The lowest BCUT2D eigenvalue weighted by Gasteiger charge is -2.21. The van der Waals surface area contributed by atoms with Gasteiger partial charge in [0, 0.05) is 71.4 Å². The second-order valence-electron chi connectivity index (χ2n) is 15.7. The van der Waals surface area contributed by atoms with Crippen molar-refractivity contribution in [2.75, 3.05) is 36.0 Å². The van der Waals surface area contributed by atoms with Crippen LogP contribution in [0.3, 0.4) is 0 Å². The monoisotopic (exact) mass is 778 g/mol. The minimum Gasteiger partial charge on any atom is -0.422 e. The number of benzene rings is 5. The summed E-state index contributed by atoms with van der Waals surface area (Å²) in [6, 6.07) is 37.1. The summed E-state index contributed by atoms with van der Waals surface area (Å²) in [4.78, 5) is 40.3. The third-order valence-corrected chi connectivity index (χ3v) is 12.1. The molecule has 294 valence electrons. The Morgan fingerprint density at radius 1 is 0.475 bits per heavy atom. The molecule has 0 amide bonds. The Morgan fingerprint density at radius 3 is 1.47 bits per heavy atom. The Hall–Kier alpha value is -6.80. The molecule has 0 atom stereocenters. The highest BCUT2D eigenvalue weighted by Crippen LogP contribution is 2.50. The standard InChI is InChI=1S/C51H46N4O4/c1-7-54(8-2)37-19-15-35-25-39(49(56)58-47(35)27-37)32-13-11-31(12-14-32)33-17-21-43-40(23-33)41-24-34(18-22-44(41)51(43,5)6)45-29-53-46(30-52-45)42-26-36-16-20-38(55(9-3)10-4)28-48(36)59-50(42)57/h11-30H,7-10H2,1-6H3. The van der Waals surface area contributed by atoms with Gasteiger partial charge in [0.25, 0.3) is 0 Å². The Morgan fingerprint density at radius 2 is 0.932 bits per heavy atom. The van der Waals surface area contributed by atoms with E-state index in [1.165, 1.54) is 16.7 Å². The van der Waals surface area contributed by atoms with Crippen LogP contribution in [0, 0.1) is 0 Å². The van der Waals surface area contributed by atoms with E-state index >= 15 is 0 Å². The van der Waals surface area contributed by atoms with E-state index < -0.39 is 5.63 Å². The van der Waals surface area contributed by atoms with Gasteiger partial charge in [-0.25, -0.2) is 9.59 Å². The predicted molar refractivity (Wildman–Crippen MR) is 241 cm³/mol. The van der Waals surface area contributed by atoms with Gasteiger partial charge in [-0.3, -0.25) is 9.97 Å². The van der Waals surface area contributed by atoms with E-state index in [1.807, 2.05) is 48.5 Å². The van der Waals surface area contributed by atoms with Gasteiger partial charge in [0.1, 0.15) is 11.2 Å². The summed E-state index contributed by atoms with van der Waals surface area (Å²) in [5.74, 6) is 0. The van der Waals surface area contributed by atoms with Crippen LogP contribution in [0.25, 0.3) is 77.8 Å². The first-order valence-corrected chi connectivity index (χ1v) is 20.5. The first-order valence-electron chi connectivity index (χ1n) is 20.5. The molecule has 8 heteroatoms. The van der Waals surface area contributed by atoms with Crippen molar-refractivity contribution in [3.63, 3.8) is 0 Å². The predicted octanol–water partition coefficient (Wildman–Crippen LogP) is 11.4. The van der Waals surface area contributed by atoms with Crippen LogP contribution in [0.5, 0.6) is 0 Å². The van der Waals surface area contributed by atoms with E-state index in [9.17, 15) is 9.59 Å². The van der Waals surface area contributed by atoms with Gasteiger partial charge in [-0.15, -0.1) is 0 Å². The normalized spacial score (nSPS) is 12.8. The number of fused-ring (bicyclic) bond motifs is 5. The van der Waals surface area contributed by atoms with Crippen molar-refractivity contribution in [2.45, 2.75) is 47.0 Å². The molecule has 0 N–H and O–H groups in total. The molecule has 8 nitrogen and oxygen atoms in total. The molecule has 59 heavy (non-hydrogen) atoms. The highest BCUT2D eigenvalue weighted by molar-refractivity contribution is 5.89. The Balaban J connectivity index is 0.995. The van der Waals surface area contributed by atoms with Gasteiger partial charge in [-0.05, 0) is 115 Å². The van der Waals surface area contributed by atoms with Crippen molar-refractivity contribution in [1.29, 1.82) is 0 Å². The molecular formula is C51H46N4O4. The molecule has 0 spiro atoms. The zero-order chi connectivity index (χ0) is 41.0. The third-order valence-electron chi connectivity index (χ3n) is 12.1. The summed E-state index contributed by atoms with van der Waals surface area (Å²) in [6.07, 6.45) is 3.37. The first-order chi connectivity index (χ1) is 28.6. The molecule has 0 radical (unpaired) electrons. The van der Waals surface area contributed by atoms with Gasteiger partial charge in [0.05, 0.1) is 34.9 Å². The highest BCUT2D eigenvalue weighted by atomic mass is 16.4. The van der Waals surface area contributed by atoms with Gasteiger partial charge in [-0.1, -0.05) is 62.4 Å². The lowest BCUT2D eigenvalue weighted by molar-refractivity contribution is 0.563. The Kier molecular flexibility index (Phi) is 9.51. The van der Waals surface area contributed by atoms with E-state index in [2.05, 4.69) is 112 Å².